The first-order valence-electron chi connectivity index (χ1n) is 7.25. The lowest BCUT2D eigenvalue weighted by Gasteiger charge is -2.12. The molecule has 110 valence electrons. The maximum atomic E-state index is 12.0. The largest absolute Gasteiger partial charge is 0.351 e. The molecule has 1 aliphatic heterocycles. The molecule has 0 atom stereocenters. The standard InChI is InChI=1S/C16H20N4O/c1-20(2)10-11-6-3-4-7-12(11)15-18-13-8-5-9-17-16(21)14(13)19-15/h3-4,6-7H,5,8-10H2,1-2H3,(H,17,21)(H,18,19). The van der Waals surface area contributed by atoms with Crippen molar-refractivity contribution < 1.29 is 4.79 Å². The fourth-order valence-corrected chi connectivity index (χ4v) is 2.69. The third-order valence-corrected chi connectivity index (χ3v) is 3.64. The van der Waals surface area contributed by atoms with Crippen LogP contribution >= 0.6 is 0 Å². The minimum Gasteiger partial charge on any atom is -0.351 e. The quantitative estimate of drug-likeness (QED) is 0.903. The van der Waals surface area contributed by atoms with Crippen LogP contribution in [0.25, 0.3) is 11.4 Å². The Morgan fingerprint density at radius 2 is 2.10 bits per heavy atom. The number of hydrogen-bond acceptors (Lipinski definition) is 3. The summed E-state index contributed by atoms with van der Waals surface area (Å²) in [5.74, 6) is 0.713. The van der Waals surface area contributed by atoms with E-state index in [2.05, 4.69) is 32.3 Å². The van der Waals surface area contributed by atoms with Gasteiger partial charge in [-0.3, -0.25) is 4.79 Å². The van der Waals surface area contributed by atoms with Crippen molar-refractivity contribution in [3.63, 3.8) is 0 Å². The van der Waals surface area contributed by atoms with Crippen molar-refractivity contribution in [3.05, 3.63) is 41.2 Å². The number of benzene rings is 1. The van der Waals surface area contributed by atoms with Crippen molar-refractivity contribution in [3.8, 4) is 11.4 Å². The minimum atomic E-state index is -0.0740. The normalized spacial score (nSPS) is 14.7. The van der Waals surface area contributed by atoms with Crippen LogP contribution < -0.4 is 5.32 Å². The van der Waals surface area contributed by atoms with Gasteiger partial charge in [0.25, 0.3) is 5.91 Å². The average molecular weight is 284 g/mol. The molecule has 2 aromatic rings. The van der Waals surface area contributed by atoms with Crippen molar-refractivity contribution in [2.24, 2.45) is 0 Å². The van der Waals surface area contributed by atoms with E-state index in [0.717, 1.165) is 43.0 Å². The van der Waals surface area contributed by atoms with E-state index >= 15 is 0 Å². The molecule has 0 saturated heterocycles. The van der Waals surface area contributed by atoms with Crippen molar-refractivity contribution >= 4 is 5.91 Å². The van der Waals surface area contributed by atoms with E-state index in [1.54, 1.807) is 0 Å². The molecule has 1 aliphatic rings. The molecule has 0 unspecified atom stereocenters. The Kier molecular flexibility index (Phi) is 3.75. The summed E-state index contributed by atoms with van der Waals surface area (Å²) in [4.78, 5) is 22.0. The predicted molar refractivity (Wildman–Crippen MR) is 82.1 cm³/mol. The number of fused-ring (bicyclic) bond motifs is 1. The van der Waals surface area contributed by atoms with Gasteiger partial charge in [-0.15, -0.1) is 0 Å². The number of H-pyrrole nitrogens is 1. The number of amides is 1. The molecule has 0 fully saturated rings. The molecule has 0 spiro atoms. The van der Waals surface area contributed by atoms with Gasteiger partial charge in [0, 0.05) is 24.3 Å². The van der Waals surface area contributed by atoms with E-state index in [4.69, 9.17) is 0 Å². The minimum absolute atomic E-state index is 0.0740. The first kappa shape index (κ1) is 13.8. The summed E-state index contributed by atoms with van der Waals surface area (Å²) >= 11 is 0. The molecular formula is C16H20N4O. The second-order valence-corrected chi connectivity index (χ2v) is 5.67. The SMILES string of the molecule is CN(C)Cc1ccccc1-c1nc2c([nH]1)CCCNC2=O. The molecule has 0 radical (unpaired) electrons. The highest BCUT2D eigenvalue weighted by molar-refractivity contribution is 5.94. The van der Waals surface area contributed by atoms with Crippen molar-refractivity contribution in [1.82, 2.24) is 20.2 Å². The van der Waals surface area contributed by atoms with Gasteiger partial charge >= 0.3 is 0 Å². The van der Waals surface area contributed by atoms with E-state index in [1.807, 2.05) is 26.2 Å². The summed E-state index contributed by atoms with van der Waals surface area (Å²) in [6.07, 6.45) is 1.80. The second-order valence-electron chi connectivity index (χ2n) is 5.67. The smallest absolute Gasteiger partial charge is 0.271 e. The van der Waals surface area contributed by atoms with Gasteiger partial charge < -0.3 is 15.2 Å². The van der Waals surface area contributed by atoms with Gasteiger partial charge in [0.2, 0.25) is 0 Å². The summed E-state index contributed by atoms with van der Waals surface area (Å²) < 4.78 is 0. The van der Waals surface area contributed by atoms with Gasteiger partial charge in [-0.05, 0) is 32.5 Å². The van der Waals surface area contributed by atoms with Crippen LogP contribution in [0.1, 0.15) is 28.2 Å². The number of hydrogen-bond donors (Lipinski definition) is 2. The number of aryl methyl sites for hydroxylation is 1. The number of rotatable bonds is 3. The first-order chi connectivity index (χ1) is 10.1. The fourth-order valence-electron chi connectivity index (χ4n) is 2.69. The molecule has 5 heteroatoms. The molecular weight excluding hydrogens is 264 g/mol. The number of aromatic amines is 1. The van der Waals surface area contributed by atoms with Crippen LogP contribution in [-0.4, -0.2) is 41.4 Å². The molecule has 1 aromatic heterocycles. The Labute approximate surface area is 124 Å². The third kappa shape index (κ3) is 2.83. The average Bonchev–Trinajstić information content (AvgIpc) is 2.80. The zero-order chi connectivity index (χ0) is 14.8. The Hall–Kier alpha value is -2.14. The Balaban J connectivity index is 2.02. The second kappa shape index (κ2) is 5.69. The van der Waals surface area contributed by atoms with E-state index < -0.39 is 0 Å². The van der Waals surface area contributed by atoms with Crippen molar-refractivity contribution in [2.45, 2.75) is 19.4 Å². The molecule has 5 nitrogen and oxygen atoms in total. The highest BCUT2D eigenvalue weighted by atomic mass is 16.1. The predicted octanol–water partition coefficient (Wildman–Crippen LogP) is 1.81. The summed E-state index contributed by atoms with van der Waals surface area (Å²) in [5.41, 5.74) is 3.75. The summed E-state index contributed by atoms with van der Waals surface area (Å²) in [5, 5.41) is 2.88. The topological polar surface area (TPSA) is 61.0 Å². The lowest BCUT2D eigenvalue weighted by molar-refractivity contribution is 0.0951. The molecule has 0 saturated carbocycles. The number of carbonyl (C=O) groups is 1. The Bertz CT molecular complexity index is 660. The van der Waals surface area contributed by atoms with E-state index in [-0.39, 0.29) is 5.91 Å². The number of carbonyl (C=O) groups excluding carboxylic acids is 1. The van der Waals surface area contributed by atoms with E-state index in [0.29, 0.717) is 5.69 Å². The molecule has 3 rings (SSSR count). The van der Waals surface area contributed by atoms with Crippen LogP contribution in [0.3, 0.4) is 0 Å². The highest BCUT2D eigenvalue weighted by Crippen LogP contribution is 2.24. The number of nitrogens with one attached hydrogen (secondary N) is 2. The van der Waals surface area contributed by atoms with Crippen LogP contribution in [0.2, 0.25) is 0 Å². The van der Waals surface area contributed by atoms with Crippen LogP contribution in [-0.2, 0) is 13.0 Å². The van der Waals surface area contributed by atoms with Crippen LogP contribution in [0.4, 0.5) is 0 Å². The number of imidazole rings is 1. The third-order valence-electron chi connectivity index (χ3n) is 3.64. The zero-order valence-electron chi connectivity index (χ0n) is 12.4. The van der Waals surface area contributed by atoms with Crippen LogP contribution in [0, 0.1) is 0 Å². The monoisotopic (exact) mass is 284 g/mol. The van der Waals surface area contributed by atoms with Crippen LogP contribution in [0.15, 0.2) is 24.3 Å². The summed E-state index contributed by atoms with van der Waals surface area (Å²) in [7, 11) is 4.09. The molecule has 1 amide bonds. The molecule has 21 heavy (non-hydrogen) atoms. The highest BCUT2D eigenvalue weighted by Gasteiger charge is 2.21. The number of aromatic nitrogens is 2. The van der Waals surface area contributed by atoms with Crippen LogP contribution in [0.5, 0.6) is 0 Å². The molecule has 0 bridgehead atoms. The zero-order valence-corrected chi connectivity index (χ0v) is 12.4. The van der Waals surface area contributed by atoms with Gasteiger partial charge in [-0.25, -0.2) is 4.98 Å². The lowest BCUT2D eigenvalue weighted by atomic mass is 10.1. The Morgan fingerprint density at radius 1 is 1.29 bits per heavy atom. The van der Waals surface area contributed by atoms with E-state index in [9.17, 15) is 4.79 Å². The fraction of sp³-hybridized carbons (Fsp3) is 0.375. The van der Waals surface area contributed by atoms with Gasteiger partial charge in [0.15, 0.2) is 0 Å². The lowest BCUT2D eigenvalue weighted by Crippen LogP contribution is -2.23. The van der Waals surface area contributed by atoms with E-state index in [1.165, 1.54) is 5.56 Å². The van der Waals surface area contributed by atoms with Gasteiger partial charge in [0.1, 0.15) is 11.5 Å². The molecule has 2 heterocycles. The maximum absolute atomic E-state index is 12.0. The number of nitrogens with zero attached hydrogens (tertiary/aromatic N) is 2. The Morgan fingerprint density at radius 3 is 2.90 bits per heavy atom. The van der Waals surface area contributed by atoms with Crippen molar-refractivity contribution in [2.75, 3.05) is 20.6 Å². The van der Waals surface area contributed by atoms with Crippen molar-refractivity contribution in [1.29, 1.82) is 0 Å². The first-order valence-corrected chi connectivity index (χ1v) is 7.25. The maximum Gasteiger partial charge on any atom is 0.271 e. The van der Waals surface area contributed by atoms with Gasteiger partial charge in [-0.2, -0.15) is 0 Å². The molecule has 1 aromatic carbocycles. The van der Waals surface area contributed by atoms with Gasteiger partial charge in [0.05, 0.1) is 0 Å². The molecule has 0 aliphatic carbocycles. The van der Waals surface area contributed by atoms with Gasteiger partial charge in [-0.1, -0.05) is 24.3 Å². The summed E-state index contributed by atoms with van der Waals surface area (Å²) in [6, 6.07) is 8.18. The summed E-state index contributed by atoms with van der Waals surface area (Å²) in [6.45, 7) is 1.56. The molecule has 2 N–H and O–H groups in total.